The molecule has 0 atom stereocenters. The first-order chi connectivity index (χ1) is 8.22. The summed E-state index contributed by atoms with van der Waals surface area (Å²) in [4.78, 5) is 0. The Kier molecular flexibility index (Phi) is 3.24. The van der Waals surface area contributed by atoms with Gasteiger partial charge in [0.1, 0.15) is 11.5 Å². The molecule has 0 radical (unpaired) electrons. The van der Waals surface area contributed by atoms with Crippen LogP contribution in [-0.2, 0) is 13.5 Å². The molecule has 0 saturated carbocycles. The van der Waals surface area contributed by atoms with Crippen LogP contribution in [0.4, 0.5) is 0 Å². The van der Waals surface area contributed by atoms with E-state index in [-0.39, 0.29) is 6.61 Å². The van der Waals surface area contributed by atoms with Crippen molar-refractivity contribution in [1.82, 2.24) is 4.57 Å². The van der Waals surface area contributed by atoms with Gasteiger partial charge in [-0.3, -0.25) is 0 Å². The molecule has 4 nitrogen and oxygen atoms in total. The number of hydrogen-bond acceptors (Lipinski definition) is 3. The van der Waals surface area contributed by atoms with Crippen molar-refractivity contribution >= 4 is 10.9 Å². The van der Waals surface area contributed by atoms with E-state index in [9.17, 15) is 0 Å². The molecule has 2 aromatic rings. The van der Waals surface area contributed by atoms with E-state index < -0.39 is 0 Å². The van der Waals surface area contributed by atoms with Crippen LogP contribution in [0, 0.1) is 0 Å². The normalized spacial score (nSPS) is 10.8. The fourth-order valence-electron chi connectivity index (χ4n) is 2.22. The van der Waals surface area contributed by atoms with Crippen molar-refractivity contribution in [3.63, 3.8) is 0 Å². The molecule has 1 aromatic carbocycles. The highest BCUT2D eigenvalue weighted by molar-refractivity contribution is 5.94. The van der Waals surface area contributed by atoms with E-state index in [0.29, 0.717) is 6.42 Å². The van der Waals surface area contributed by atoms with Crippen LogP contribution in [0.15, 0.2) is 18.3 Å². The van der Waals surface area contributed by atoms with E-state index in [1.165, 1.54) is 0 Å². The summed E-state index contributed by atoms with van der Waals surface area (Å²) in [6, 6.07) is 3.78. The summed E-state index contributed by atoms with van der Waals surface area (Å²) in [7, 11) is 5.27. The Labute approximate surface area is 100 Å². The highest BCUT2D eigenvalue weighted by atomic mass is 16.5. The third kappa shape index (κ3) is 1.85. The number of nitrogens with zero attached hydrogens (tertiary/aromatic N) is 1. The fourth-order valence-corrected chi connectivity index (χ4v) is 2.22. The van der Waals surface area contributed by atoms with Crippen molar-refractivity contribution in [3.05, 3.63) is 23.9 Å². The maximum Gasteiger partial charge on any atom is 0.143 e. The molecule has 0 amide bonds. The quantitative estimate of drug-likeness (QED) is 0.877. The Morgan fingerprint density at radius 1 is 1.18 bits per heavy atom. The fraction of sp³-hybridized carbons (Fsp3) is 0.385. The number of fused-ring (bicyclic) bond motifs is 1. The van der Waals surface area contributed by atoms with E-state index in [1.807, 2.05) is 29.9 Å². The van der Waals surface area contributed by atoms with Gasteiger partial charge in [-0.25, -0.2) is 0 Å². The molecule has 2 rings (SSSR count). The summed E-state index contributed by atoms with van der Waals surface area (Å²) in [5.74, 6) is 1.62. The van der Waals surface area contributed by atoms with Crippen LogP contribution in [0.5, 0.6) is 11.5 Å². The Morgan fingerprint density at radius 2 is 1.82 bits per heavy atom. The molecule has 17 heavy (non-hydrogen) atoms. The lowest BCUT2D eigenvalue weighted by Gasteiger charge is -2.08. The van der Waals surface area contributed by atoms with Crippen LogP contribution < -0.4 is 9.47 Å². The average Bonchev–Trinajstić information content (AvgIpc) is 2.67. The van der Waals surface area contributed by atoms with Gasteiger partial charge in [0.2, 0.25) is 0 Å². The first-order valence-corrected chi connectivity index (χ1v) is 5.52. The molecular formula is C13H17NO3. The Balaban J connectivity index is 2.77. The Hall–Kier alpha value is -1.68. The molecule has 4 heteroatoms. The molecule has 0 bridgehead atoms. The van der Waals surface area contributed by atoms with Crippen LogP contribution in [-0.4, -0.2) is 30.5 Å². The first-order valence-electron chi connectivity index (χ1n) is 5.52. The van der Waals surface area contributed by atoms with Crippen LogP contribution in [0.3, 0.4) is 0 Å². The Morgan fingerprint density at radius 3 is 2.41 bits per heavy atom. The zero-order chi connectivity index (χ0) is 12.4. The minimum atomic E-state index is 0.124. The van der Waals surface area contributed by atoms with Crippen LogP contribution in [0.25, 0.3) is 10.9 Å². The van der Waals surface area contributed by atoms with Crippen molar-refractivity contribution in [1.29, 1.82) is 0 Å². The number of hydrogen-bond donors (Lipinski definition) is 1. The molecule has 0 aliphatic heterocycles. The van der Waals surface area contributed by atoms with Crippen LogP contribution in [0.1, 0.15) is 5.56 Å². The van der Waals surface area contributed by atoms with Gasteiger partial charge in [0.05, 0.1) is 19.7 Å². The van der Waals surface area contributed by atoms with Gasteiger partial charge in [-0.1, -0.05) is 0 Å². The predicted molar refractivity (Wildman–Crippen MR) is 66.8 cm³/mol. The number of aryl methyl sites for hydroxylation is 1. The molecule has 0 fully saturated rings. The first kappa shape index (κ1) is 11.8. The van der Waals surface area contributed by atoms with E-state index in [4.69, 9.17) is 14.6 Å². The highest BCUT2D eigenvalue weighted by Gasteiger charge is 2.15. The standard InChI is InChI=1S/C13H17NO3/c1-14-8-9(6-7-15)12-10(16-2)4-5-11(17-3)13(12)14/h4-5,8,15H,6-7H2,1-3H3. The number of methoxy groups -OCH3 is 2. The third-order valence-electron chi connectivity index (χ3n) is 2.95. The molecule has 0 aliphatic rings. The highest BCUT2D eigenvalue weighted by Crippen LogP contribution is 2.36. The van der Waals surface area contributed by atoms with Gasteiger partial charge in [-0.15, -0.1) is 0 Å². The van der Waals surface area contributed by atoms with Crippen LogP contribution in [0.2, 0.25) is 0 Å². The number of ether oxygens (including phenoxy) is 2. The summed E-state index contributed by atoms with van der Waals surface area (Å²) < 4.78 is 12.7. The molecule has 1 heterocycles. The van der Waals surface area contributed by atoms with E-state index in [2.05, 4.69) is 0 Å². The van der Waals surface area contributed by atoms with Gasteiger partial charge < -0.3 is 19.1 Å². The lowest BCUT2D eigenvalue weighted by Crippen LogP contribution is -1.93. The summed E-state index contributed by atoms with van der Waals surface area (Å²) in [5.41, 5.74) is 2.07. The lowest BCUT2D eigenvalue weighted by atomic mass is 10.1. The molecule has 0 spiro atoms. The predicted octanol–water partition coefficient (Wildman–Crippen LogP) is 1.73. The summed E-state index contributed by atoms with van der Waals surface area (Å²) in [5, 5.41) is 10.1. The van der Waals surface area contributed by atoms with Crippen molar-refractivity contribution in [3.8, 4) is 11.5 Å². The number of rotatable bonds is 4. The van der Waals surface area contributed by atoms with Gasteiger partial charge in [-0.2, -0.15) is 0 Å². The van der Waals surface area contributed by atoms with Gasteiger partial charge in [0, 0.05) is 25.2 Å². The minimum Gasteiger partial charge on any atom is -0.496 e. The smallest absolute Gasteiger partial charge is 0.143 e. The SMILES string of the molecule is COc1ccc(OC)c2c1c(CCO)cn2C. The second-order valence-electron chi connectivity index (χ2n) is 3.93. The van der Waals surface area contributed by atoms with Crippen molar-refractivity contribution in [2.45, 2.75) is 6.42 Å². The molecule has 1 aromatic heterocycles. The van der Waals surface area contributed by atoms with Crippen molar-refractivity contribution in [2.24, 2.45) is 7.05 Å². The van der Waals surface area contributed by atoms with Gasteiger partial charge in [-0.05, 0) is 24.1 Å². The number of aliphatic hydroxyl groups excluding tert-OH is 1. The molecule has 1 N–H and O–H groups in total. The van der Waals surface area contributed by atoms with Gasteiger partial charge in [0.25, 0.3) is 0 Å². The largest absolute Gasteiger partial charge is 0.496 e. The summed E-state index contributed by atoms with van der Waals surface area (Å²) in [6.07, 6.45) is 2.62. The van der Waals surface area contributed by atoms with E-state index in [1.54, 1.807) is 14.2 Å². The topological polar surface area (TPSA) is 43.6 Å². The van der Waals surface area contributed by atoms with Crippen LogP contribution >= 0.6 is 0 Å². The summed E-state index contributed by atoms with van der Waals surface area (Å²) in [6.45, 7) is 0.124. The maximum atomic E-state index is 9.10. The molecule has 0 aliphatic carbocycles. The number of aromatic nitrogens is 1. The minimum absolute atomic E-state index is 0.124. The van der Waals surface area contributed by atoms with E-state index in [0.717, 1.165) is 28.0 Å². The third-order valence-corrected chi connectivity index (χ3v) is 2.95. The second-order valence-corrected chi connectivity index (χ2v) is 3.93. The molecular weight excluding hydrogens is 218 g/mol. The zero-order valence-corrected chi connectivity index (χ0v) is 10.4. The zero-order valence-electron chi connectivity index (χ0n) is 10.4. The Bertz CT molecular complexity index is 531. The molecule has 92 valence electrons. The monoisotopic (exact) mass is 235 g/mol. The average molecular weight is 235 g/mol. The van der Waals surface area contributed by atoms with Gasteiger partial charge in [0.15, 0.2) is 0 Å². The number of benzene rings is 1. The van der Waals surface area contributed by atoms with Crippen molar-refractivity contribution in [2.75, 3.05) is 20.8 Å². The lowest BCUT2D eigenvalue weighted by molar-refractivity contribution is 0.300. The molecule has 0 unspecified atom stereocenters. The van der Waals surface area contributed by atoms with E-state index >= 15 is 0 Å². The van der Waals surface area contributed by atoms with Gasteiger partial charge >= 0.3 is 0 Å². The second kappa shape index (κ2) is 4.67. The summed E-state index contributed by atoms with van der Waals surface area (Å²) >= 11 is 0. The van der Waals surface area contributed by atoms with Crippen molar-refractivity contribution < 1.29 is 14.6 Å². The number of aliphatic hydroxyl groups is 1. The maximum absolute atomic E-state index is 9.10. The molecule has 0 saturated heterocycles.